The number of amides is 1. The van der Waals surface area contributed by atoms with Crippen LogP contribution in [0.3, 0.4) is 0 Å². The minimum atomic E-state index is -0.648. The van der Waals surface area contributed by atoms with E-state index in [-0.39, 0.29) is 24.1 Å². The predicted molar refractivity (Wildman–Crippen MR) is 75.0 cm³/mol. The van der Waals surface area contributed by atoms with Crippen molar-refractivity contribution in [3.63, 3.8) is 0 Å². The highest BCUT2D eigenvalue weighted by Crippen LogP contribution is 2.13. The highest BCUT2D eigenvalue weighted by atomic mass is 35.5. The van der Waals surface area contributed by atoms with Crippen LogP contribution in [0.25, 0.3) is 0 Å². The van der Waals surface area contributed by atoms with Crippen molar-refractivity contribution in [2.24, 2.45) is 5.73 Å². The van der Waals surface area contributed by atoms with Gasteiger partial charge in [0.1, 0.15) is 11.6 Å². The Hall–Kier alpha value is -1.33. The van der Waals surface area contributed by atoms with E-state index in [2.05, 4.69) is 5.32 Å². The zero-order chi connectivity index (χ0) is 13.4. The summed E-state index contributed by atoms with van der Waals surface area (Å²) in [5.74, 6) is -0.251. The second-order valence-electron chi connectivity index (χ2n) is 4.00. The van der Waals surface area contributed by atoms with Crippen molar-refractivity contribution >= 4 is 18.3 Å². The molecule has 1 aromatic carbocycles. The van der Waals surface area contributed by atoms with E-state index in [1.807, 2.05) is 0 Å². The van der Waals surface area contributed by atoms with Gasteiger partial charge in [0.05, 0.1) is 0 Å². The van der Waals surface area contributed by atoms with Gasteiger partial charge in [-0.15, -0.1) is 12.4 Å². The lowest BCUT2D eigenvalue weighted by Gasteiger charge is -2.14. The molecule has 108 valence electrons. The van der Waals surface area contributed by atoms with Gasteiger partial charge in [0, 0.05) is 12.6 Å². The number of carbonyl (C=O) groups is 1. The molecule has 1 unspecified atom stereocenters. The van der Waals surface area contributed by atoms with Crippen LogP contribution in [0.15, 0.2) is 24.3 Å². The summed E-state index contributed by atoms with van der Waals surface area (Å²) in [6, 6.07) is 5.72. The van der Waals surface area contributed by atoms with Crippen molar-refractivity contribution < 1.29 is 13.9 Å². The van der Waals surface area contributed by atoms with E-state index in [1.165, 1.54) is 18.2 Å². The van der Waals surface area contributed by atoms with Crippen molar-refractivity contribution in [3.05, 3.63) is 30.1 Å². The Labute approximate surface area is 118 Å². The number of hydrogen-bond donors (Lipinski definition) is 2. The third-order valence-corrected chi connectivity index (χ3v) is 2.41. The summed E-state index contributed by atoms with van der Waals surface area (Å²) >= 11 is 0. The van der Waals surface area contributed by atoms with Crippen molar-refractivity contribution in [1.29, 1.82) is 0 Å². The van der Waals surface area contributed by atoms with E-state index in [0.717, 1.165) is 12.8 Å². The third-order valence-electron chi connectivity index (χ3n) is 2.41. The molecule has 0 fully saturated rings. The zero-order valence-corrected chi connectivity index (χ0v) is 11.7. The molecule has 3 N–H and O–H groups in total. The molecule has 0 saturated carbocycles. The molecule has 0 aliphatic carbocycles. The smallest absolute Gasteiger partial charge is 0.260 e. The highest BCUT2D eigenvalue weighted by molar-refractivity contribution is 5.85. The number of rotatable bonds is 7. The van der Waals surface area contributed by atoms with Crippen LogP contribution in [0.4, 0.5) is 4.39 Å². The first-order chi connectivity index (χ1) is 8.63. The Bertz CT molecular complexity index is 391. The predicted octanol–water partition coefficient (Wildman–Crippen LogP) is 1.87. The second-order valence-corrected chi connectivity index (χ2v) is 4.00. The summed E-state index contributed by atoms with van der Waals surface area (Å²) < 4.78 is 18.3. The standard InChI is InChI=1S/C13H19FN2O2.ClH/c1-10(13(17)16-8-3-2-7-15)18-12-6-4-5-11(14)9-12;/h4-6,9-10H,2-3,7-8,15H2,1H3,(H,16,17);1H. The lowest BCUT2D eigenvalue weighted by atomic mass is 10.3. The van der Waals surface area contributed by atoms with Crippen LogP contribution in [0.5, 0.6) is 5.75 Å². The molecule has 6 heteroatoms. The quantitative estimate of drug-likeness (QED) is 0.754. The Morgan fingerprint density at radius 2 is 2.21 bits per heavy atom. The van der Waals surface area contributed by atoms with Gasteiger partial charge in [-0.3, -0.25) is 4.79 Å². The molecule has 1 atom stereocenters. The molecule has 0 saturated heterocycles. The lowest BCUT2D eigenvalue weighted by molar-refractivity contribution is -0.127. The van der Waals surface area contributed by atoms with Crippen LogP contribution >= 0.6 is 12.4 Å². The Morgan fingerprint density at radius 1 is 1.47 bits per heavy atom. The van der Waals surface area contributed by atoms with E-state index >= 15 is 0 Å². The van der Waals surface area contributed by atoms with E-state index in [1.54, 1.807) is 13.0 Å². The van der Waals surface area contributed by atoms with Gasteiger partial charge in [0.15, 0.2) is 6.10 Å². The van der Waals surface area contributed by atoms with Crippen molar-refractivity contribution in [2.75, 3.05) is 13.1 Å². The van der Waals surface area contributed by atoms with Crippen LogP contribution in [-0.2, 0) is 4.79 Å². The van der Waals surface area contributed by atoms with E-state index in [4.69, 9.17) is 10.5 Å². The number of unbranched alkanes of at least 4 members (excludes halogenated alkanes) is 1. The summed E-state index contributed by atoms with van der Waals surface area (Å²) in [7, 11) is 0. The van der Waals surface area contributed by atoms with Crippen molar-refractivity contribution in [3.8, 4) is 5.75 Å². The molecule has 0 aliphatic rings. The van der Waals surface area contributed by atoms with Gasteiger partial charge in [-0.25, -0.2) is 4.39 Å². The molecule has 0 spiro atoms. The summed E-state index contributed by atoms with van der Waals surface area (Å²) in [6.45, 7) is 2.82. The van der Waals surface area contributed by atoms with Gasteiger partial charge < -0.3 is 15.8 Å². The number of carbonyl (C=O) groups excluding carboxylic acids is 1. The molecule has 1 aromatic rings. The van der Waals surface area contributed by atoms with Crippen LogP contribution in [0.1, 0.15) is 19.8 Å². The van der Waals surface area contributed by atoms with Crippen LogP contribution in [0, 0.1) is 5.82 Å². The Morgan fingerprint density at radius 3 is 2.84 bits per heavy atom. The summed E-state index contributed by atoms with van der Waals surface area (Å²) in [5.41, 5.74) is 5.35. The molecule has 19 heavy (non-hydrogen) atoms. The fourth-order valence-electron chi connectivity index (χ4n) is 1.42. The van der Waals surface area contributed by atoms with Gasteiger partial charge >= 0.3 is 0 Å². The molecule has 0 aliphatic heterocycles. The van der Waals surface area contributed by atoms with Gasteiger partial charge in [0.2, 0.25) is 0 Å². The Balaban J connectivity index is 0.00000324. The van der Waals surface area contributed by atoms with E-state index < -0.39 is 6.10 Å². The maximum atomic E-state index is 12.9. The number of ether oxygens (including phenoxy) is 1. The molecular formula is C13H20ClFN2O2. The Kier molecular flexibility index (Phi) is 8.91. The van der Waals surface area contributed by atoms with Crippen LogP contribution in [-0.4, -0.2) is 25.1 Å². The average molecular weight is 291 g/mol. The number of hydrogen-bond acceptors (Lipinski definition) is 3. The maximum absolute atomic E-state index is 12.9. The SMILES string of the molecule is CC(Oc1cccc(F)c1)C(=O)NCCCCN.Cl. The topological polar surface area (TPSA) is 64.3 Å². The minimum Gasteiger partial charge on any atom is -0.481 e. The molecule has 0 radical (unpaired) electrons. The summed E-state index contributed by atoms with van der Waals surface area (Å²) in [4.78, 5) is 11.6. The van der Waals surface area contributed by atoms with E-state index in [9.17, 15) is 9.18 Å². The highest BCUT2D eigenvalue weighted by Gasteiger charge is 2.13. The molecule has 1 rings (SSSR count). The maximum Gasteiger partial charge on any atom is 0.260 e. The first-order valence-corrected chi connectivity index (χ1v) is 6.03. The van der Waals surface area contributed by atoms with Gasteiger partial charge in [-0.2, -0.15) is 0 Å². The zero-order valence-electron chi connectivity index (χ0n) is 10.9. The lowest BCUT2D eigenvalue weighted by Crippen LogP contribution is -2.36. The fourth-order valence-corrected chi connectivity index (χ4v) is 1.42. The average Bonchev–Trinajstić information content (AvgIpc) is 2.34. The molecule has 1 amide bonds. The number of halogens is 2. The first kappa shape index (κ1) is 17.7. The third kappa shape index (κ3) is 6.98. The van der Waals surface area contributed by atoms with Crippen LogP contribution in [0.2, 0.25) is 0 Å². The molecule has 0 heterocycles. The number of benzene rings is 1. The first-order valence-electron chi connectivity index (χ1n) is 6.03. The van der Waals surface area contributed by atoms with Crippen LogP contribution < -0.4 is 15.8 Å². The van der Waals surface area contributed by atoms with Crippen molar-refractivity contribution in [2.45, 2.75) is 25.9 Å². The monoisotopic (exact) mass is 290 g/mol. The molecular weight excluding hydrogens is 271 g/mol. The largest absolute Gasteiger partial charge is 0.481 e. The number of nitrogens with two attached hydrogens (primary N) is 1. The fraction of sp³-hybridized carbons (Fsp3) is 0.462. The minimum absolute atomic E-state index is 0. The summed E-state index contributed by atoms with van der Waals surface area (Å²) in [6.07, 6.45) is 1.07. The van der Waals surface area contributed by atoms with Gasteiger partial charge in [-0.05, 0) is 38.4 Å². The molecule has 4 nitrogen and oxygen atoms in total. The normalized spacial score (nSPS) is 11.3. The second kappa shape index (κ2) is 9.58. The summed E-state index contributed by atoms with van der Waals surface area (Å²) in [5, 5.41) is 2.74. The molecule has 0 aromatic heterocycles. The molecule has 0 bridgehead atoms. The number of nitrogens with one attached hydrogen (secondary N) is 1. The van der Waals surface area contributed by atoms with Gasteiger partial charge in [-0.1, -0.05) is 6.07 Å². The van der Waals surface area contributed by atoms with Gasteiger partial charge in [0.25, 0.3) is 5.91 Å². The van der Waals surface area contributed by atoms with Crippen molar-refractivity contribution in [1.82, 2.24) is 5.32 Å². The van der Waals surface area contributed by atoms with E-state index in [0.29, 0.717) is 18.8 Å².